The van der Waals surface area contributed by atoms with Gasteiger partial charge in [-0.3, -0.25) is 4.79 Å². The molecular weight excluding hydrogens is 464 g/mol. The van der Waals surface area contributed by atoms with Crippen molar-refractivity contribution in [2.24, 2.45) is 0 Å². The second-order valence-electron chi connectivity index (χ2n) is 7.65. The zero-order chi connectivity index (χ0) is 24.7. The Morgan fingerprint density at radius 1 is 1.03 bits per heavy atom. The molecule has 0 saturated carbocycles. The lowest BCUT2D eigenvalue weighted by atomic mass is 10.1. The molecule has 1 N–H and O–H groups in total. The van der Waals surface area contributed by atoms with Crippen LogP contribution in [0.15, 0.2) is 41.3 Å². The number of nitrogens with one attached hydrogen (secondary N) is 1. The van der Waals surface area contributed by atoms with Crippen LogP contribution in [0.5, 0.6) is 11.5 Å². The average Bonchev–Trinajstić information content (AvgIpc) is 2.83. The molecule has 10 nitrogen and oxygen atoms in total. The second kappa shape index (κ2) is 11.3. The molecule has 1 amide bonds. The molecule has 0 radical (unpaired) electrons. The third kappa shape index (κ3) is 6.46. The van der Waals surface area contributed by atoms with E-state index >= 15 is 0 Å². The number of hydrogen-bond acceptors (Lipinski definition) is 8. The lowest BCUT2D eigenvalue weighted by Gasteiger charge is -2.26. The zero-order valence-corrected chi connectivity index (χ0v) is 20.1. The van der Waals surface area contributed by atoms with Gasteiger partial charge in [0.2, 0.25) is 10.0 Å². The summed E-state index contributed by atoms with van der Waals surface area (Å²) in [6, 6.07) is 9.88. The van der Waals surface area contributed by atoms with E-state index < -0.39 is 28.5 Å². The van der Waals surface area contributed by atoms with Crippen LogP contribution in [0.3, 0.4) is 0 Å². The maximum atomic E-state index is 13.0. The molecular formula is C23H28N2O8S. The van der Waals surface area contributed by atoms with Crippen molar-refractivity contribution >= 4 is 27.6 Å². The monoisotopic (exact) mass is 492 g/mol. The Hall–Kier alpha value is -3.15. The molecule has 1 heterocycles. The molecule has 0 atom stereocenters. The number of morpholine rings is 1. The van der Waals surface area contributed by atoms with E-state index in [0.717, 1.165) is 11.1 Å². The quantitative estimate of drug-likeness (QED) is 0.527. The van der Waals surface area contributed by atoms with Crippen LogP contribution in [0.25, 0.3) is 0 Å². The van der Waals surface area contributed by atoms with E-state index in [-0.39, 0.29) is 36.0 Å². The minimum absolute atomic E-state index is 0.0754. The summed E-state index contributed by atoms with van der Waals surface area (Å²) >= 11 is 0. The Labute approximate surface area is 198 Å². The van der Waals surface area contributed by atoms with Crippen LogP contribution in [-0.4, -0.2) is 71.2 Å². The summed E-state index contributed by atoms with van der Waals surface area (Å²) in [5.74, 6) is -0.616. The minimum Gasteiger partial charge on any atom is -0.495 e. The number of carbonyl (C=O) groups is 2. The number of methoxy groups -OCH3 is 1. The maximum absolute atomic E-state index is 13.0. The van der Waals surface area contributed by atoms with Crippen molar-refractivity contribution in [3.05, 3.63) is 47.5 Å². The first kappa shape index (κ1) is 25.5. The highest BCUT2D eigenvalue weighted by molar-refractivity contribution is 7.89. The van der Waals surface area contributed by atoms with Gasteiger partial charge >= 0.3 is 5.97 Å². The van der Waals surface area contributed by atoms with Crippen LogP contribution in [0, 0.1) is 13.8 Å². The molecule has 1 aliphatic rings. The Bertz CT molecular complexity index is 1140. The van der Waals surface area contributed by atoms with Crippen molar-refractivity contribution in [3.8, 4) is 11.5 Å². The largest absolute Gasteiger partial charge is 0.495 e. The van der Waals surface area contributed by atoms with Gasteiger partial charge in [-0.15, -0.1) is 0 Å². The topological polar surface area (TPSA) is 120 Å². The highest BCUT2D eigenvalue weighted by Crippen LogP contribution is 2.30. The zero-order valence-electron chi connectivity index (χ0n) is 19.3. The molecule has 0 aromatic heterocycles. The molecule has 1 aliphatic heterocycles. The fourth-order valence-corrected chi connectivity index (χ4v) is 4.86. The number of amides is 1. The SMILES string of the molecule is COc1ccc(NC(=O)COC(=O)COc2cc(C)ccc2C)cc1S(=O)(=O)N1CCOCC1. The number of anilines is 1. The van der Waals surface area contributed by atoms with Crippen LogP contribution in [0.2, 0.25) is 0 Å². The molecule has 0 unspecified atom stereocenters. The first-order chi connectivity index (χ1) is 16.2. The van der Waals surface area contributed by atoms with Gasteiger partial charge in [-0.1, -0.05) is 12.1 Å². The lowest BCUT2D eigenvalue weighted by molar-refractivity contribution is -0.149. The van der Waals surface area contributed by atoms with Crippen molar-refractivity contribution in [2.75, 3.05) is 51.9 Å². The molecule has 11 heteroatoms. The minimum atomic E-state index is -3.85. The Morgan fingerprint density at radius 3 is 2.47 bits per heavy atom. The van der Waals surface area contributed by atoms with Crippen LogP contribution >= 0.6 is 0 Å². The fraction of sp³-hybridized carbons (Fsp3) is 0.391. The number of nitrogens with zero attached hydrogens (tertiary/aromatic N) is 1. The summed E-state index contributed by atoms with van der Waals surface area (Å²) in [5, 5.41) is 2.53. The fourth-order valence-electron chi connectivity index (χ4n) is 3.27. The first-order valence-electron chi connectivity index (χ1n) is 10.6. The number of aryl methyl sites for hydroxylation is 2. The van der Waals surface area contributed by atoms with Gasteiger partial charge < -0.3 is 24.3 Å². The molecule has 34 heavy (non-hydrogen) atoms. The number of benzene rings is 2. The highest BCUT2D eigenvalue weighted by atomic mass is 32.2. The third-order valence-corrected chi connectivity index (χ3v) is 7.01. The van der Waals surface area contributed by atoms with Gasteiger partial charge in [0, 0.05) is 18.8 Å². The van der Waals surface area contributed by atoms with E-state index in [4.69, 9.17) is 18.9 Å². The number of sulfonamides is 1. The first-order valence-corrected chi connectivity index (χ1v) is 12.1. The molecule has 184 valence electrons. The molecule has 1 fully saturated rings. The van der Waals surface area contributed by atoms with Gasteiger partial charge in [0.25, 0.3) is 5.91 Å². The normalized spacial score (nSPS) is 14.3. The van der Waals surface area contributed by atoms with Crippen LogP contribution in [0.1, 0.15) is 11.1 Å². The van der Waals surface area contributed by atoms with Crippen molar-refractivity contribution in [1.29, 1.82) is 0 Å². The van der Waals surface area contributed by atoms with Crippen LogP contribution in [0.4, 0.5) is 5.69 Å². The van der Waals surface area contributed by atoms with Gasteiger partial charge in [-0.05, 0) is 49.2 Å². The van der Waals surface area contributed by atoms with Gasteiger partial charge in [-0.25, -0.2) is 13.2 Å². The molecule has 0 bridgehead atoms. The van der Waals surface area contributed by atoms with Crippen LogP contribution < -0.4 is 14.8 Å². The Kier molecular flexibility index (Phi) is 8.48. The third-order valence-electron chi connectivity index (χ3n) is 5.09. The lowest BCUT2D eigenvalue weighted by Crippen LogP contribution is -2.40. The van der Waals surface area contributed by atoms with Gasteiger partial charge in [0.05, 0.1) is 20.3 Å². The summed E-state index contributed by atoms with van der Waals surface area (Å²) in [7, 11) is -2.49. The van der Waals surface area contributed by atoms with Gasteiger partial charge in [0.1, 0.15) is 16.4 Å². The van der Waals surface area contributed by atoms with Crippen molar-refractivity contribution < 1.29 is 37.0 Å². The number of rotatable bonds is 9. The van der Waals surface area contributed by atoms with Crippen molar-refractivity contribution in [3.63, 3.8) is 0 Å². The number of carbonyl (C=O) groups excluding carboxylic acids is 2. The van der Waals surface area contributed by atoms with Crippen molar-refractivity contribution in [2.45, 2.75) is 18.7 Å². The number of ether oxygens (including phenoxy) is 4. The van der Waals surface area contributed by atoms with E-state index in [1.807, 2.05) is 32.0 Å². The molecule has 3 rings (SSSR count). The summed E-state index contributed by atoms with van der Waals surface area (Å²) in [5.41, 5.74) is 2.08. The number of hydrogen-bond donors (Lipinski definition) is 1. The van der Waals surface area contributed by atoms with Crippen LogP contribution in [-0.2, 0) is 29.1 Å². The Morgan fingerprint density at radius 2 is 1.76 bits per heavy atom. The predicted molar refractivity (Wildman–Crippen MR) is 124 cm³/mol. The van der Waals surface area contributed by atoms with Gasteiger partial charge in [-0.2, -0.15) is 4.31 Å². The van der Waals surface area contributed by atoms with E-state index in [1.54, 1.807) is 0 Å². The molecule has 0 spiro atoms. The summed E-state index contributed by atoms with van der Waals surface area (Å²) in [4.78, 5) is 24.2. The van der Waals surface area contributed by atoms with E-state index in [1.165, 1.54) is 29.6 Å². The summed E-state index contributed by atoms with van der Waals surface area (Å²) < 4.78 is 48.3. The maximum Gasteiger partial charge on any atom is 0.344 e. The molecule has 0 aliphatic carbocycles. The second-order valence-corrected chi connectivity index (χ2v) is 9.55. The predicted octanol–water partition coefficient (Wildman–Crippen LogP) is 1.89. The Balaban J connectivity index is 1.58. The molecule has 1 saturated heterocycles. The molecule has 2 aromatic carbocycles. The van der Waals surface area contributed by atoms with E-state index in [0.29, 0.717) is 19.0 Å². The summed E-state index contributed by atoms with van der Waals surface area (Å²) in [6.07, 6.45) is 0. The average molecular weight is 493 g/mol. The highest BCUT2D eigenvalue weighted by Gasteiger charge is 2.29. The smallest absolute Gasteiger partial charge is 0.344 e. The van der Waals surface area contributed by atoms with E-state index in [9.17, 15) is 18.0 Å². The van der Waals surface area contributed by atoms with E-state index in [2.05, 4.69) is 5.32 Å². The summed E-state index contributed by atoms with van der Waals surface area (Å²) in [6.45, 7) is 3.92. The molecule has 2 aromatic rings. The van der Waals surface area contributed by atoms with Gasteiger partial charge in [0.15, 0.2) is 13.2 Å². The number of esters is 1. The standard InChI is InChI=1S/C23H28N2O8S/c1-16-4-5-17(2)20(12-16)32-15-23(27)33-14-22(26)24-18-6-7-19(30-3)21(13-18)34(28,29)25-8-10-31-11-9-25/h4-7,12-13H,8-11,14-15H2,1-3H3,(H,24,26). The van der Waals surface area contributed by atoms with Crippen molar-refractivity contribution in [1.82, 2.24) is 4.31 Å².